The van der Waals surface area contributed by atoms with Gasteiger partial charge < -0.3 is 4.74 Å². The average molecular weight is 281 g/mol. The van der Waals surface area contributed by atoms with Crippen LogP contribution in [0.1, 0.15) is 35.7 Å². The van der Waals surface area contributed by atoms with Crippen molar-refractivity contribution in [1.29, 1.82) is 0 Å². The van der Waals surface area contributed by atoms with Crippen LogP contribution in [0.5, 0.6) is 0 Å². The van der Waals surface area contributed by atoms with Crippen molar-refractivity contribution in [2.24, 2.45) is 5.84 Å². The first-order valence-corrected chi connectivity index (χ1v) is 6.38. The maximum atomic E-state index is 12.5. The van der Waals surface area contributed by atoms with Gasteiger partial charge in [0, 0.05) is 11.1 Å². The summed E-state index contributed by atoms with van der Waals surface area (Å²) in [6, 6.07) is -0.441. The highest BCUT2D eigenvalue weighted by atomic mass is 32.1. The zero-order valence-electron chi connectivity index (χ0n) is 9.70. The van der Waals surface area contributed by atoms with E-state index in [9.17, 15) is 13.2 Å². The molecule has 1 aliphatic rings. The van der Waals surface area contributed by atoms with E-state index in [0.29, 0.717) is 16.2 Å². The third-order valence-electron chi connectivity index (χ3n) is 2.89. The Morgan fingerprint density at radius 1 is 1.56 bits per heavy atom. The Morgan fingerprint density at radius 2 is 2.28 bits per heavy atom. The molecule has 1 aromatic heterocycles. The van der Waals surface area contributed by atoms with Gasteiger partial charge >= 0.3 is 6.18 Å². The second-order valence-electron chi connectivity index (χ2n) is 4.27. The maximum Gasteiger partial charge on any atom is 0.443 e. The first-order chi connectivity index (χ1) is 8.41. The Hall–Kier alpha value is -0.700. The molecule has 0 spiro atoms. The molecule has 0 bridgehead atoms. The molecule has 2 heterocycles. The van der Waals surface area contributed by atoms with Crippen LogP contribution in [0.4, 0.5) is 13.2 Å². The van der Waals surface area contributed by atoms with Crippen molar-refractivity contribution in [3.63, 3.8) is 0 Å². The second kappa shape index (κ2) is 5.12. The maximum absolute atomic E-state index is 12.5. The summed E-state index contributed by atoms with van der Waals surface area (Å²) in [5.74, 6) is 5.42. The second-order valence-corrected chi connectivity index (χ2v) is 5.33. The number of ether oxygens (including phenoxy) is 1. The predicted octanol–water partition coefficient (Wildman–Crippen LogP) is 2.23. The van der Waals surface area contributed by atoms with Crippen LogP contribution < -0.4 is 11.3 Å². The molecule has 8 heteroatoms. The van der Waals surface area contributed by atoms with Gasteiger partial charge in [0.25, 0.3) is 0 Å². The SMILES string of the molecule is CC1CCC(C(NN)c2cnc(C(F)(F)F)s2)O1. The van der Waals surface area contributed by atoms with Gasteiger partial charge in [0.15, 0.2) is 5.01 Å². The number of halogens is 3. The molecule has 18 heavy (non-hydrogen) atoms. The van der Waals surface area contributed by atoms with Crippen molar-refractivity contribution >= 4 is 11.3 Å². The van der Waals surface area contributed by atoms with Crippen LogP contribution >= 0.6 is 11.3 Å². The van der Waals surface area contributed by atoms with Gasteiger partial charge in [-0.1, -0.05) is 0 Å². The lowest BCUT2D eigenvalue weighted by Crippen LogP contribution is -2.36. The highest BCUT2D eigenvalue weighted by Gasteiger charge is 2.37. The summed E-state index contributed by atoms with van der Waals surface area (Å²) >= 11 is 0.602. The summed E-state index contributed by atoms with van der Waals surface area (Å²) in [5.41, 5.74) is 2.52. The zero-order valence-corrected chi connectivity index (χ0v) is 10.5. The molecular formula is C10H14F3N3OS. The van der Waals surface area contributed by atoms with Crippen molar-refractivity contribution in [2.45, 2.75) is 44.2 Å². The number of rotatable bonds is 3. The number of hydrogen-bond donors (Lipinski definition) is 2. The van der Waals surface area contributed by atoms with Gasteiger partial charge in [0.2, 0.25) is 0 Å². The molecule has 1 aliphatic heterocycles. The minimum Gasteiger partial charge on any atom is -0.373 e. The molecule has 3 atom stereocenters. The molecule has 1 fully saturated rings. The largest absolute Gasteiger partial charge is 0.443 e. The summed E-state index contributed by atoms with van der Waals surface area (Å²) in [7, 11) is 0. The van der Waals surface area contributed by atoms with Crippen LogP contribution in [0.15, 0.2) is 6.20 Å². The Morgan fingerprint density at radius 3 is 2.72 bits per heavy atom. The average Bonchev–Trinajstić information content (AvgIpc) is 2.88. The quantitative estimate of drug-likeness (QED) is 0.659. The van der Waals surface area contributed by atoms with Crippen LogP contribution in [0, 0.1) is 0 Å². The molecule has 3 N–H and O–H groups in total. The lowest BCUT2D eigenvalue weighted by Gasteiger charge is -2.21. The number of nitrogens with zero attached hydrogens (tertiary/aromatic N) is 1. The number of thiazole rings is 1. The van der Waals surface area contributed by atoms with Gasteiger partial charge in [-0.2, -0.15) is 13.2 Å². The van der Waals surface area contributed by atoms with Gasteiger partial charge in [-0.25, -0.2) is 10.4 Å². The number of nitrogens with two attached hydrogens (primary N) is 1. The van der Waals surface area contributed by atoms with Crippen LogP contribution in [0.25, 0.3) is 0 Å². The monoisotopic (exact) mass is 281 g/mol. The van der Waals surface area contributed by atoms with E-state index in [4.69, 9.17) is 10.6 Å². The first kappa shape index (κ1) is 13.7. The molecule has 0 saturated carbocycles. The van der Waals surface area contributed by atoms with E-state index >= 15 is 0 Å². The number of hydrazine groups is 1. The van der Waals surface area contributed by atoms with Crippen molar-refractivity contribution in [3.05, 3.63) is 16.1 Å². The molecule has 102 valence electrons. The van der Waals surface area contributed by atoms with Crippen molar-refractivity contribution in [2.75, 3.05) is 0 Å². The standard InChI is InChI=1S/C10H14F3N3OS/c1-5-2-3-6(17-5)8(16-14)7-4-15-9(18-7)10(11,12)13/h4-6,8,16H,2-3,14H2,1H3. The Balaban J connectivity index is 2.15. The van der Waals surface area contributed by atoms with E-state index in [1.165, 1.54) is 6.20 Å². The van der Waals surface area contributed by atoms with Crippen molar-refractivity contribution < 1.29 is 17.9 Å². The van der Waals surface area contributed by atoms with Crippen LogP contribution in [0.3, 0.4) is 0 Å². The molecule has 0 aromatic carbocycles. The molecule has 4 nitrogen and oxygen atoms in total. The predicted molar refractivity (Wildman–Crippen MR) is 60.7 cm³/mol. The highest BCUT2D eigenvalue weighted by Crippen LogP contribution is 2.37. The summed E-state index contributed by atoms with van der Waals surface area (Å²) in [6.45, 7) is 1.93. The summed E-state index contributed by atoms with van der Waals surface area (Å²) in [6.07, 6.45) is -1.63. The molecule has 2 rings (SSSR count). The Labute approximate surface area is 106 Å². The van der Waals surface area contributed by atoms with Gasteiger partial charge in [0.05, 0.1) is 18.2 Å². The summed E-state index contributed by atoms with van der Waals surface area (Å²) in [5, 5.41) is -0.858. The van der Waals surface area contributed by atoms with Gasteiger partial charge in [-0.3, -0.25) is 5.84 Å². The van der Waals surface area contributed by atoms with E-state index in [2.05, 4.69) is 10.4 Å². The van der Waals surface area contributed by atoms with E-state index in [1.807, 2.05) is 6.92 Å². The van der Waals surface area contributed by atoms with Crippen molar-refractivity contribution in [3.8, 4) is 0 Å². The number of hydrogen-bond acceptors (Lipinski definition) is 5. The third-order valence-corrected chi connectivity index (χ3v) is 4.01. The highest BCUT2D eigenvalue weighted by molar-refractivity contribution is 7.11. The fourth-order valence-electron chi connectivity index (χ4n) is 2.01. The zero-order chi connectivity index (χ0) is 13.3. The molecule has 0 aliphatic carbocycles. The molecule has 0 amide bonds. The van der Waals surface area contributed by atoms with Crippen LogP contribution in [-0.4, -0.2) is 17.2 Å². The molecule has 1 saturated heterocycles. The fourth-order valence-corrected chi connectivity index (χ4v) is 2.91. The van der Waals surface area contributed by atoms with Gasteiger partial charge in [-0.05, 0) is 19.8 Å². The van der Waals surface area contributed by atoms with E-state index in [-0.39, 0.29) is 12.2 Å². The summed E-state index contributed by atoms with van der Waals surface area (Å²) < 4.78 is 43.0. The lowest BCUT2D eigenvalue weighted by molar-refractivity contribution is -0.137. The van der Waals surface area contributed by atoms with Gasteiger partial charge in [0.1, 0.15) is 0 Å². The Bertz CT molecular complexity index is 409. The number of alkyl halides is 3. The van der Waals surface area contributed by atoms with Crippen molar-refractivity contribution in [1.82, 2.24) is 10.4 Å². The lowest BCUT2D eigenvalue weighted by atomic mass is 10.1. The third kappa shape index (κ3) is 2.82. The van der Waals surface area contributed by atoms with E-state index < -0.39 is 17.2 Å². The number of aromatic nitrogens is 1. The molecule has 0 radical (unpaired) electrons. The van der Waals surface area contributed by atoms with E-state index in [1.54, 1.807) is 0 Å². The smallest absolute Gasteiger partial charge is 0.373 e. The molecule has 1 aromatic rings. The number of nitrogens with one attached hydrogen (secondary N) is 1. The topological polar surface area (TPSA) is 60.2 Å². The fraction of sp³-hybridized carbons (Fsp3) is 0.700. The minimum atomic E-state index is -4.41. The summed E-state index contributed by atoms with van der Waals surface area (Å²) in [4.78, 5) is 3.84. The first-order valence-electron chi connectivity index (χ1n) is 5.56. The Kier molecular flexibility index (Phi) is 3.90. The van der Waals surface area contributed by atoms with Crippen LogP contribution in [0.2, 0.25) is 0 Å². The molecule has 3 unspecified atom stereocenters. The van der Waals surface area contributed by atoms with E-state index in [0.717, 1.165) is 12.8 Å². The van der Waals surface area contributed by atoms with Gasteiger partial charge in [-0.15, -0.1) is 11.3 Å². The molecular weight excluding hydrogens is 267 g/mol. The van der Waals surface area contributed by atoms with Crippen LogP contribution in [-0.2, 0) is 10.9 Å². The minimum absolute atomic E-state index is 0.112. The normalized spacial score (nSPS) is 26.5.